The number of hydrogen-bond acceptors (Lipinski definition) is 7. The Hall–Kier alpha value is -3.63. The third-order valence-corrected chi connectivity index (χ3v) is 5.80. The molecule has 0 heterocycles. The van der Waals surface area contributed by atoms with Gasteiger partial charge in [-0.1, -0.05) is 58.0 Å². The summed E-state index contributed by atoms with van der Waals surface area (Å²) < 4.78 is 10.1. The Morgan fingerprint density at radius 3 is 1.88 bits per heavy atom. The quantitative estimate of drug-likeness (QED) is 0.270. The first-order valence-corrected chi connectivity index (χ1v) is 13.6. The van der Waals surface area contributed by atoms with Crippen molar-refractivity contribution < 1.29 is 33.4 Å². The van der Waals surface area contributed by atoms with Crippen LogP contribution >= 0.6 is 0 Å². The fraction of sp³-hybridized carbons (Fsp3) is 0.621. The summed E-state index contributed by atoms with van der Waals surface area (Å²) in [6.07, 6.45) is -0.224. The van der Waals surface area contributed by atoms with Gasteiger partial charge in [0, 0.05) is 6.42 Å². The predicted molar refractivity (Wildman–Crippen MR) is 151 cm³/mol. The molecule has 0 aromatic heterocycles. The van der Waals surface area contributed by atoms with Crippen LogP contribution in [0.2, 0.25) is 0 Å². The van der Waals surface area contributed by atoms with E-state index in [1.165, 1.54) is 14.0 Å². The molecule has 0 spiro atoms. The van der Waals surface area contributed by atoms with Crippen LogP contribution in [0.3, 0.4) is 0 Å². The van der Waals surface area contributed by atoms with Gasteiger partial charge in [-0.05, 0) is 51.5 Å². The van der Waals surface area contributed by atoms with Crippen molar-refractivity contribution in [1.82, 2.24) is 21.3 Å². The van der Waals surface area contributed by atoms with E-state index in [4.69, 9.17) is 9.47 Å². The number of carbonyl (C=O) groups excluding carboxylic acids is 5. The van der Waals surface area contributed by atoms with E-state index in [-0.39, 0.29) is 18.3 Å². The molecule has 4 atom stereocenters. The van der Waals surface area contributed by atoms with Crippen LogP contribution in [0.5, 0.6) is 0 Å². The number of methoxy groups -OCH3 is 1. The lowest BCUT2D eigenvalue weighted by Crippen LogP contribution is -2.58. The van der Waals surface area contributed by atoms with E-state index in [9.17, 15) is 24.0 Å². The Bertz CT molecular complexity index is 1010. The van der Waals surface area contributed by atoms with Crippen molar-refractivity contribution in [3.05, 3.63) is 35.9 Å². The first kappa shape index (κ1) is 34.4. The van der Waals surface area contributed by atoms with Crippen molar-refractivity contribution in [3.8, 4) is 0 Å². The average Bonchev–Trinajstić information content (AvgIpc) is 2.84. The van der Waals surface area contributed by atoms with Gasteiger partial charge in [0.25, 0.3) is 0 Å². The number of hydrogen-bond donors (Lipinski definition) is 4. The van der Waals surface area contributed by atoms with Crippen molar-refractivity contribution in [1.29, 1.82) is 0 Å². The zero-order chi connectivity index (χ0) is 30.6. The molecule has 0 aliphatic carbocycles. The molecule has 224 valence electrons. The van der Waals surface area contributed by atoms with Crippen LogP contribution in [0.15, 0.2) is 30.3 Å². The Morgan fingerprint density at radius 2 is 1.38 bits per heavy atom. The van der Waals surface area contributed by atoms with Crippen LogP contribution in [0.4, 0.5) is 4.79 Å². The molecule has 0 aliphatic heterocycles. The summed E-state index contributed by atoms with van der Waals surface area (Å²) in [4.78, 5) is 63.9. The van der Waals surface area contributed by atoms with Crippen LogP contribution in [0.25, 0.3) is 0 Å². The van der Waals surface area contributed by atoms with Crippen molar-refractivity contribution in [2.45, 2.75) is 98.0 Å². The molecule has 11 heteroatoms. The van der Waals surface area contributed by atoms with Crippen LogP contribution < -0.4 is 21.3 Å². The lowest BCUT2D eigenvalue weighted by Gasteiger charge is -2.27. The molecule has 11 nitrogen and oxygen atoms in total. The highest BCUT2D eigenvalue weighted by molar-refractivity contribution is 5.94. The van der Waals surface area contributed by atoms with Gasteiger partial charge in [0.05, 0.1) is 7.11 Å². The molecule has 40 heavy (non-hydrogen) atoms. The molecule has 0 saturated carbocycles. The highest BCUT2D eigenvalue weighted by Gasteiger charge is 2.32. The number of amides is 4. The van der Waals surface area contributed by atoms with Gasteiger partial charge in [-0.15, -0.1) is 0 Å². The zero-order valence-corrected chi connectivity index (χ0v) is 25.1. The molecule has 0 unspecified atom stereocenters. The van der Waals surface area contributed by atoms with Crippen LogP contribution in [-0.2, 0) is 35.1 Å². The Labute approximate surface area is 237 Å². The molecule has 0 fully saturated rings. The van der Waals surface area contributed by atoms with Gasteiger partial charge in [0.1, 0.15) is 29.8 Å². The largest absolute Gasteiger partial charge is 0.467 e. The third-order valence-electron chi connectivity index (χ3n) is 5.80. The fourth-order valence-corrected chi connectivity index (χ4v) is 3.79. The summed E-state index contributed by atoms with van der Waals surface area (Å²) in [7, 11) is 1.25. The molecular formula is C29H46N4O7. The van der Waals surface area contributed by atoms with E-state index in [1.807, 2.05) is 44.2 Å². The number of rotatable bonds is 13. The van der Waals surface area contributed by atoms with Gasteiger partial charge in [0.15, 0.2) is 0 Å². The summed E-state index contributed by atoms with van der Waals surface area (Å²) in [6, 6.07) is 5.23. The van der Waals surface area contributed by atoms with Gasteiger partial charge >= 0.3 is 12.1 Å². The summed E-state index contributed by atoms with van der Waals surface area (Å²) >= 11 is 0. The van der Waals surface area contributed by atoms with Crippen molar-refractivity contribution in [2.75, 3.05) is 7.11 Å². The smallest absolute Gasteiger partial charge is 0.408 e. The van der Waals surface area contributed by atoms with Crippen LogP contribution in [0, 0.1) is 11.8 Å². The van der Waals surface area contributed by atoms with E-state index in [1.54, 1.807) is 34.6 Å². The average molecular weight is 563 g/mol. The Balaban J connectivity index is 2.96. The summed E-state index contributed by atoms with van der Waals surface area (Å²) in [5, 5.41) is 10.5. The summed E-state index contributed by atoms with van der Waals surface area (Å²) in [5.74, 6) is -2.50. The van der Waals surface area contributed by atoms with E-state index in [0.717, 1.165) is 5.56 Å². The van der Waals surface area contributed by atoms with E-state index >= 15 is 0 Å². The summed E-state index contributed by atoms with van der Waals surface area (Å²) in [5.41, 5.74) is 0.0355. The second kappa shape index (κ2) is 15.8. The molecule has 1 aromatic rings. The van der Waals surface area contributed by atoms with E-state index in [0.29, 0.717) is 6.42 Å². The van der Waals surface area contributed by atoms with E-state index in [2.05, 4.69) is 21.3 Å². The molecule has 1 rings (SSSR count). The number of benzene rings is 1. The topological polar surface area (TPSA) is 152 Å². The van der Waals surface area contributed by atoms with Gasteiger partial charge in [-0.2, -0.15) is 0 Å². The maximum absolute atomic E-state index is 13.2. The minimum absolute atomic E-state index is 0.116. The maximum Gasteiger partial charge on any atom is 0.408 e. The number of alkyl carbamates (subject to hydrolysis) is 1. The molecule has 0 bridgehead atoms. The second-order valence-electron chi connectivity index (χ2n) is 11.6. The van der Waals surface area contributed by atoms with Crippen molar-refractivity contribution in [3.63, 3.8) is 0 Å². The summed E-state index contributed by atoms with van der Waals surface area (Å²) in [6.45, 7) is 13.9. The molecule has 0 radical (unpaired) electrons. The zero-order valence-electron chi connectivity index (χ0n) is 25.1. The number of ether oxygens (including phenoxy) is 2. The minimum Gasteiger partial charge on any atom is -0.467 e. The number of nitrogens with one attached hydrogen (secondary N) is 4. The normalized spacial score (nSPS) is 14.4. The minimum atomic E-state index is -1.03. The molecular weight excluding hydrogens is 516 g/mol. The fourth-order valence-electron chi connectivity index (χ4n) is 3.79. The third kappa shape index (κ3) is 12.5. The van der Waals surface area contributed by atoms with Gasteiger partial charge in [-0.3, -0.25) is 14.4 Å². The lowest BCUT2D eigenvalue weighted by atomic mass is 10.00. The van der Waals surface area contributed by atoms with Crippen molar-refractivity contribution in [2.24, 2.45) is 11.8 Å². The number of carbonyl (C=O) groups is 5. The molecule has 1 aromatic carbocycles. The van der Waals surface area contributed by atoms with Gasteiger partial charge < -0.3 is 30.7 Å². The maximum atomic E-state index is 13.2. The highest BCUT2D eigenvalue weighted by Crippen LogP contribution is 2.11. The SMILES string of the molecule is COC(=O)[C@H](CC(C)C)NC(=O)[C@@H](NC(=O)[C@H](C)NC(=O)[C@H](Cc1ccccc1)NC(=O)OC(C)(C)C)C(C)C. The first-order valence-electron chi connectivity index (χ1n) is 13.6. The predicted octanol–water partition coefficient (Wildman–Crippen LogP) is 2.47. The lowest BCUT2D eigenvalue weighted by molar-refractivity contribution is -0.146. The van der Waals surface area contributed by atoms with E-state index < -0.39 is 59.6 Å². The Kier molecular flexibility index (Phi) is 13.6. The monoisotopic (exact) mass is 562 g/mol. The first-order chi connectivity index (χ1) is 18.5. The highest BCUT2D eigenvalue weighted by atomic mass is 16.6. The molecule has 0 aliphatic rings. The standard InChI is InChI=1S/C29H46N4O7/c1-17(2)15-22(27(37)39-9)31-26(36)23(18(3)4)33-24(34)19(5)30-25(35)21(16-20-13-11-10-12-14-20)32-28(38)40-29(6,7)8/h10-14,17-19,21-23H,15-16H2,1-9H3,(H,30,35)(H,31,36)(H,32,38)(H,33,34)/t19-,21-,22-,23-/m0/s1. The van der Waals surface area contributed by atoms with Gasteiger partial charge in [-0.25, -0.2) is 9.59 Å². The van der Waals surface area contributed by atoms with Gasteiger partial charge in [0.2, 0.25) is 17.7 Å². The van der Waals surface area contributed by atoms with Crippen LogP contribution in [-0.4, -0.2) is 66.7 Å². The molecule has 0 saturated heterocycles. The number of esters is 1. The molecule has 4 N–H and O–H groups in total. The van der Waals surface area contributed by atoms with Crippen molar-refractivity contribution >= 4 is 29.8 Å². The second-order valence-corrected chi connectivity index (χ2v) is 11.6. The van der Waals surface area contributed by atoms with Crippen LogP contribution in [0.1, 0.15) is 67.4 Å². The Morgan fingerprint density at radius 1 is 0.775 bits per heavy atom. The molecule has 4 amide bonds.